The molecule has 1 N–H and O–H groups in total. The Morgan fingerprint density at radius 1 is 1.24 bits per heavy atom. The van der Waals surface area contributed by atoms with E-state index in [4.69, 9.17) is 4.74 Å². The van der Waals surface area contributed by atoms with Crippen molar-refractivity contribution in [2.45, 2.75) is 6.04 Å². The third-order valence-corrected chi connectivity index (χ3v) is 2.77. The minimum atomic E-state index is -0.350. The second kappa shape index (κ2) is 4.05. The number of aromatic nitrogens is 1. The number of hydrogen-bond acceptors (Lipinski definition) is 3. The minimum Gasteiger partial charge on any atom is -0.491 e. The van der Waals surface area contributed by atoms with Gasteiger partial charge < -0.3 is 10.1 Å². The monoisotopic (exact) mass is 230 g/mol. The van der Waals surface area contributed by atoms with E-state index in [9.17, 15) is 4.39 Å². The van der Waals surface area contributed by atoms with E-state index in [-0.39, 0.29) is 17.7 Å². The number of para-hydroxylation sites is 1. The smallest absolute Gasteiger partial charge is 0.165 e. The fraction of sp³-hybridized carbons (Fsp3) is 0.154. The SMILES string of the molecule is Fc1cccnc1NC1COc2ccccc21. The molecule has 0 saturated carbocycles. The van der Waals surface area contributed by atoms with Gasteiger partial charge in [0.1, 0.15) is 12.4 Å². The van der Waals surface area contributed by atoms with Gasteiger partial charge in [0.25, 0.3) is 0 Å². The van der Waals surface area contributed by atoms with Crippen molar-refractivity contribution in [3.63, 3.8) is 0 Å². The highest BCUT2D eigenvalue weighted by Gasteiger charge is 2.24. The topological polar surface area (TPSA) is 34.2 Å². The van der Waals surface area contributed by atoms with Gasteiger partial charge in [-0.3, -0.25) is 0 Å². The molecule has 0 bridgehead atoms. The fourth-order valence-electron chi connectivity index (χ4n) is 1.94. The van der Waals surface area contributed by atoms with Crippen LogP contribution in [0.2, 0.25) is 0 Å². The number of nitrogens with zero attached hydrogens (tertiary/aromatic N) is 1. The third kappa shape index (κ3) is 1.82. The molecule has 1 aromatic heterocycles. The molecule has 3 nitrogen and oxygen atoms in total. The highest BCUT2D eigenvalue weighted by Crippen LogP contribution is 2.33. The highest BCUT2D eigenvalue weighted by atomic mass is 19.1. The molecule has 3 rings (SSSR count). The normalized spacial score (nSPS) is 17.4. The summed E-state index contributed by atoms with van der Waals surface area (Å²) in [6.07, 6.45) is 1.56. The summed E-state index contributed by atoms with van der Waals surface area (Å²) in [6, 6.07) is 10.7. The first-order valence-corrected chi connectivity index (χ1v) is 5.43. The zero-order chi connectivity index (χ0) is 11.7. The van der Waals surface area contributed by atoms with Crippen LogP contribution in [0.25, 0.3) is 0 Å². The number of pyridine rings is 1. The Bertz CT molecular complexity index is 544. The van der Waals surface area contributed by atoms with Gasteiger partial charge in [-0.25, -0.2) is 9.37 Å². The van der Waals surface area contributed by atoms with Crippen LogP contribution in [0.15, 0.2) is 42.6 Å². The minimum absolute atomic E-state index is 0.0457. The third-order valence-electron chi connectivity index (χ3n) is 2.77. The lowest BCUT2D eigenvalue weighted by atomic mass is 10.1. The second-order valence-electron chi connectivity index (χ2n) is 3.88. The van der Waals surface area contributed by atoms with Crippen molar-refractivity contribution in [1.29, 1.82) is 0 Å². The van der Waals surface area contributed by atoms with E-state index in [0.29, 0.717) is 6.61 Å². The Labute approximate surface area is 98.3 Å². The predicted octanol–water partition coefficient (Wildman–Crippen LogP) is 2.77. The van der Waals surface area contributed by atoms with Crippen LogP contribution in [-0.4, -0.2) is 11.6 Å². The Morgan fingerprint density at radius 2 is 2.12 bits per heavy atom. The van der Waals surface area contributed by atoms with Gasteiger partial charge in [-0.2, -0.15) is 0 Å². The summed E-state index contributed by atoms with van der Waals surface area (Å²) < 4.78 is 19.0. The highest BCUT2D eigenvalue weighted by molar-refractivity contribution is 5.46. The number of anilines is 1. The first kappa shape index (κ1) is 10.1. The Kier molecular flexibility index (Phi) is 2.40. The molecule has 0 amide bonds. The molecule has 1 aliphatic rings. The lowest BCUT2D eigenvalue weighted by Crippen LogP contribution is -2.13. The van der Waals surface area contributed by atoms with Gasteiger partial charge in [-0.1, -0.05) is 18.2 Å². The first-order valence-electron chi connectivity index (χ1n) is 5.43. The van der Waals surface area contributed by atoms with E-state index in [1.54, 1.807) is 12.3 Å². The van der Waals surface area contributed by atoms with Crippen LogP contribution in [0.3, 0.4) is 0 Å². The zero-order valence-electron chi connectivity index (χ0n) is 9.06. The maximum atomic E-state index is 13.5. The average Bonchev–Trinajstić information content (AvgIpc) is 2.76. The van der Waals surface area contributed by atoms with Crippen LogP contribution in [-0.2, 0) is 0 Å². The summed E-state index contributed by atoms with van der Waals surface area (Å²) in [5, 5.41) is 3.05. The maximum Gasteiger partial charge on any atom is 0.165 e. The van der Waals surface area contributed by atoms with Gasteiger partial charge in [0, 0.05) is 11.8 Å². The van der Waals surface area contributed by atoms with Crippen LogP contribution in [0.5, 0.6) is 5.75 Å². The van der Waals surface area contributed by atoms with Crippen molar-refractivity contribution in [3.05, 3.63) is 54.0 Å². The number of hydrogen-bond donors (Lipinski definition) is 1. The number of ether oxygens (including phenoxy) is 1. The van der Waals surface area contributed by atoms with Crippen molar-refractivity contribution in [3.8, 4) is 5.75 Å². The summed E-state index contributed by atoms with van der Waals surface area (Å²) >= 11 is 0. The maximum absolute atomic E-state index is 13.5. The fourth-order valence-corrected chi connectivity index (χ4v) is 1.94. The van der Waals surface area contributed by atoms with Crippen molar-refractivity contribution in [1.82, 2.24) is 4.98 Å². The number of fused-ring (bicyclic) bond motifs is 1. The molecule has 0 radical (unpaired) electrons. The predicted molar refractivity (Wildman–Crippen MR) is 62.5 cm³/mol. The quantitative estimate of drug-likeness (QED) is 0.861. The van der Waals surface area contributed by atoms with Crippen molar-refractivity contribution < 1.29 is 9.13 Å². The summed E-state index contributed by atoms with van der Waals surface area (Å²) in [6.45, 7) is 0.495. The number of halogens is 1. The average molecular weight is 230 g/mol. The number of rotatable bonds is 2. The second-order valence-corrected chi connectivity index (χ2v) is 3.88. The molecule has 0 aliphatic carbocycles. The Hall–Kier alpha value is -2.10. The lowest BCUT2D eigenvalue weighted by molar-refractivity contribution is 0.339. The molecule has 2 heterocycles. The molecule has 0 spiro atoms. The molecule has 0 saturated heterocycles. The molecule has 2 aromatic rings. The van der Waals surface area contributed by atoms with Gasteiger partial charge in [-0.05, 0) is 18.2 Å². The molecule has 0 fully saturated rings. The number of benzene rings is 1. The van der Waals surface area contributed by atoms with Crippen molar-refractivity contribution in [2.75, 3.05) is 11.9 Å². The standard InChI is InChI=1S/C13H11FN2O/c14-10-5-3-7-15-13(10)16-11-8-17-12-6-2-1-4-9(11)12/h1-7,11H,8H2,(H,15,16). The summed E-state index contributed by atoms with van der Waals surface area (Å²) in [5.41, 5.74) is 1.04. The van der Waals surface area contributed by atoms with Gasteiger partial charge >= 0.3 is 0 Å². The Balaban J connectivity index is 1.87. The van der Waals surface area contributed by atoms with Crippen LogP contribution in [0, 0.1) is 5.82 Å². The van der Waals surface area contributed by atoms with Gasteiger partial charge in [0.2, 0.25) is 0 Å². The van der Waals surface area contributed by atoms with Crippen LogP contribution in [0.1, 0.15) is 11.6 Å². The molecule has 1 unspecified atom stereocenters. The van der Waals surface area contributed by atoms with Crippen LogP contribution >= 0.6 is 0 Å². The summed E-state index contributed by atoms with van der Waals surface area (Å²) in [4.78, 5) is 3.97. The molecule has 1 aromatic carbocycles. The van der Waals surface area contributed by atoms with Crippen LogP contribution in [0.4, 0.5) is 10.2 Å². The molecule has 1 aliphatic heterocycles. The van der Waals surface area contributed by atoms with Gasteiger partial charge in [-0.15, -0.1) is 0 Å². The zero-order valence-corrected chi connectivity index (χ0v) is 9.06. The van der Waals surface area contributed by atoms with E-state index in [0.717, 1.165) is 11.3 Å². The Morgan fingerprint density at radius 3 is 3.00 bits per heavy atom. The van der Waals surface area contributed by atoms with E-state index >= 15 is 0 Å². The molecular weight excluding hydrogens is 219 g/mol. The molecule has 1 atom stereocenters. The first-order chi connectivity index (χ1) is 8.34. The number of nitrogens with one attached hydrogen (secondary N) is 1. The molecular formula is C13H11FN2O. The summed E-state index contributed by atoms with van der Waals surface area (Å²) in [5.74, 6) is 0.760. The lowest BCUT2D eigenvalue weighted by Gasteiger charge is -2.12. The van der Waals surface area contributed by atoms with E-state index < -0.39 is 0 Å². The van der Waals surface area contributed by atoms with E-state index in [1.165, 1.54) is 6.07 Å². The van der Waals surface area contributed by atoms with Gasteiger partial charge in [0.15, 0.2) is 11.6 Å². The largest absolute Gasteiger partial charge is 0.491 e. The van der Waals surface area contributed by atoms with Crippen molar-refractivity contribution in [2.24, 2.45) is 0 Å². The molecule has 17 heavy (non-hydrogen) atoms. The van der Waals surface area contributed by atoms with Gasteiger partial charge in [0.05, 0.1) is 6.04 Å². The van der Waals surface area contributed by atoms with Crippen LogP contribution < -0.4 is 10.1 Å². The molecule has 86 valence electrons. The van der Waals surface area contributed by atoms with E-state index in [1.807, 2.05) is 24.3 Å². The molecule has 4 heteroatoms. The summed E-state index contributed by atoms with van der Waals surface area (Å²) in [7, 11) is 0. The van der Waals surface area contributed by atoms with E-state index in [2.05, 4.69) is 10.3 Å². The van der Waals surface area contributed by atoms with Crippen molar-refractivity contribution >= 4 is 5.82 Å².